The monoisotopic (exact) mass is 269 g/mol. The summed E-state index contributed by atoms with van der Waals surface area (Å²) in [5.74, 6) is -2.11. The molecule has 0 saturated carbocycles. The third-order valence-corrected chi connectivity index (χ3v) is 2.22. The van der Waals surface area contributed by atoms with Crippen molar-refractivity contribution in [2.75, 3.05) is 5.32 Å². The lowest BCUT2D eigenvalue weighted by Crippen LogP contribution is -2.15. The number of hydrogen-bond acceptors (Lipinski definition) is 3. The summed E-state index contributed by atoms with van der Waals surface area (Å²) in [5, 5.41) is 2.32. The van der Waals surface area contributed by atoms with Crippen LogP contribution in [-0.4, -0.2) is 15.9 Å². The predicted molar refractivity (Wildman–Crippen MR) is 61.4 cm³/mol. The second-order valence-electron chi connectivity index (χ2n) is 3.30. The maximum atomic E-state index is 13.3. The van der Waals surface area contributed by atoms with Gasteiger partial charge in [-0.3, -0.25) is 4.79 Å². The van der Waals surface area contributed by atoms with E-state index in [9.17, 15) is 13.6 Å². The second-order valence-corrected chi connectivity index (χ2v) is 3.69. The molecule has 0 fully saturated rings. The molecule has 0 aliphatic rings. The summed E-state index contributed by atoms with van der Waals surface area (Å²) in [6, 6.07) is 2.74. The van der Waals surface area contributed by atoms with Crippen molar-refractivity contribution in [1.82, 2.24) is 9.97 Å². The fourth-order valence-corrected chi connectivity index (χ4v) is 1.31. The first-order chi connectivity index (χ1) is 8.56. The summed E-state index contributed by atoms with van der Waals surface area (Å²) in [4.78, 5) is 19.0. The zero-order valence-corrected chi connectivity index (χ0v) is 9.58. The summed E-state index contributed by atoms with van der Waals surface area (Å²) in [7, 11) is 0. The Labute approximate surface area is 106 Å². The van der Waals surface area contributed by atoms with E-state index in [0.29, 0.717) is 0 Å². The van der Waals surface area contributed by atoms with Crippen LogP contribution in [0.2, 0.25) is 5.15 Å². The van der Waals surface area contributed by atoms with Crippen LogP contribution < -0.4 is 5.32 Å². The van der Waals surface area contributed by atoms with Crippen molar-refractivity contribution in [2.24, 2.45) is 0 Å². The van der Waals surface area contributed by atoms with E-state index in [0.717, 1.165) is 24.4 Å². The van der Waals surface area contributed by atoms with Crippen molar-refractivity contribution < 1.29 is 13.6 Å². The quantitative estimate of drug-likeness (QED) is 0.912. The van der Waals surface area contributed by atoms with Crippen LogP contribution in [0.1, 0.15) is 10.5 Å². The number of anilines is 1. The highest BCUT2D eigenvalue weighted by molar-refractivity contribution is 6.29. The van der Waals surface area contributed by atoms with Gasteiger partial charge in [0, 0.05) is 6.07 Å². The number of nitrogens with zero attached hydrogens (tertiary/aromatic N) is 2. The van der Waals surface area contributed by atoms with Gasteiger partial charge in [-0.25, -0.2) is 18.7 Å². The topological polar surface area (TPSA) is 54.9 Å². The highest BCUT2D eigenvalue weighted by atomic mass is 35.5. The Kier molecular flexibility index (Phi) is 3.47. The summed E-state index contributed by atoms with van der Waals surface area (Å²) in [5.41, 5.74) is -0.320. The minimum atomic E-state index is -0.744. The Morgan fingerprint density at radius 3 is 2.67 bits per heavy atom. The molecule has 2 rings (SSSR count). The van der Waals surface area contributed by atoms with Crippen molar-refractivity contribution in [3.05, 3.63) is 53.1 Å². The van der Waals surface area contributed by atoms with Gasteiger partial charge < -0.3 is 5.32 Å². The molecule has 7 heteroatoms. The minimum absolute atomic E-state index is 0.0527. The molecule has 0 unspecified atom stereocenters. The Hall–Kier alpha value is -2.08. The standard InChI is InChI=1S/C11H6ClF2N3O/c12-10-5-15-9(4-16-10)11(18)17-8-3-6(13)1-2-7(8)14/h1-5H,(H,17,18). The van der Waals surface area contributed by atoms with Gasteiger partial charge in [-0.05, 0) is 12.1 Å². The summed E-state index contributed by atoms with van der Waals surface area (Å²) in [6.45, 7) is 0. The number of rotatable bonds is 2. The highest BCUT2D eigenvalue weighted by Crippen LogP contribution is 2.16. The van der Waals surface area contributed by atoms with Crippen LogP contribution in [0.3, 0.4) is 0 Å². The van der Waals surface area contributed by atoms with E-state index in [2.05, 4.69) is 15.3 Å². The fraction of sp³-hybridized carbons (Fsp3) is 0. The van der Waals surface area contributed by atoms with Crippen LogP contribution >= 0.6 is 11.6 Å². The summed E-state index contributed by atoms with van der Waals surface area (Å²) >= 11 is 5.51. The number of amides is 1. The fourth-order valence-electron chi connectivity index (χ4n) is 1.21. The first-order valence-corrected chi connectivity index (χ1v) is 5.18. The van der Waals surface area contributed by atoms with Gasteiger partial charge in [-0.1, -0.05) is 11.6 Å². The molecular weight excluding hydrogens is 264 g/mol. The average molecular weight is 270 g/mol. The van der Waals surface area contributed by atoms with Gasteiger partial charge in [0.1, 0.15) is 22.5 Å². The number of carbonyl (C=O) groups is 1. The van der Waals surface area contributed by atoms with E-state index in [1.54, 1.807) is 0 Å². The number of carbonyl (C=O) groups excluding carboxylic acids is 1. The molecule has 1 amide bonds. The van der Waals surface area contributed by atoms with Crippen molar-refractivity contribution in [3.63, 3.8) is 0 Å². The number of hydrogen-bond donors (Lipinski definition) is 1. The third-order valence-electron chi connectivity index (χ3n) is 2.03. The largest absolute Gasteiger partial charge is 0.318 e. The first kappa shape index (κ1) is 12.4. The van der Waals surface area contributed by atoms with Crippen LogP contribution in [0.5, 0.6) is 0 Å². The highest BCUT2D eigenvalue weighted by Gasteiger charge is 2.11. The van der Waals surface area contributed by atoms with Gasteiger partial charge in [0.05, 0.1) is 18.1 Å². The molecule has 1 heterocycles. The Morgan fingerprint density at radius 1 is 1.22 bits per heavy atom. The molecule has 1 aromatic carbocycles. The molecule has 0 bridgehead atoms. The van der Waals surface area contributed by atoms with Crippen LogP contribution in [0.25, 0.3) is 0 Å². The maximum absolute atomic E-state index is 13.3. The van der Waals surface area contributed by atoms with E-state index in [4.69, 9.17) is 11.6 Å². The van der Waals surface area contributed by atoms with Gasteiger partial charge in [0.25, 0.3) is 5.91 Å². The van der Waals surface area contributed by atoms with Crippen LogP contribution in [0.4, 0.5) is 14.5 Å². The molecule has 4 nitrogen and oxygen atoms in total. The van der Waals surface area contributed by atoms with E-state index < -0.39 is 17.5 Å². The molecule has 0 spiro atoms. The van der Waals surface area contributed by atoms with Gasteiger partial charge in [0.2, 0.25) is 0 Å². The molecule has 1 aromatic heterocycles. The molecule has 0 atom stereocenters. The average Bonchev–Trinajstić information content (AvgIpc) is 2.34. The zero-order valence-electron chi connectivity index (χ0n) is 8.82. The summed E-state index contributed by atoms with van der Waals surface area (Å²) in [6.07, 6.45) is 2.31. The number of halogens is 3. The van der Waals surface area contributed by atoms with Crippen LogP contribution in [0, 0.1) is 11.6 Å². The van der Waals surface area contributed by atoms with E-state index in [1.165, 1.54) is 6.20 Å². The minimum Gasteiger partial charge on any atom is -0.318 e. The smallest absolute Gasteiger partial charge is 0.275 e. The zero-order chi connectivity index (χ0) is 13.1. The van der Waals surface area contributed by atoms with E-state index in [1.807, 2.05) is 0 Å². The van der Waals surface area contributed by atoms with Crippen molar-refractivity contribution in [1.29, 1.82) is 0 Å². The SMILES string of the molecule is O=C(Nc1cc(F)ccc1F)c1cnc(Cl)cn1. The number of benzene rings is 1. The Bertz CT molecular complexity index is 589. The summed E-state index contributed by atoms with van der Waals surface area (Å²) < 4.78 is 26.2. The molecule has 92 valence electrons. The first-order valence-electron chi connectivity index (χ1n) is 4.80. The lowest BCUT2D eigenvalue weighted by atomic mass is 10.3. The third kappa shape index (κ3) is 2.78. The Balaban J connectivity index is 2.21. The van der Waals surface area contributed by atoms with Gasteiger partial charge in [0.15, 0.2) is 0 Å². The maximum Gasteiger partial charge on any atom is 0.275 e. The lowest BCUT2D eigenvalue weighted by Gasteiger charge is -2.05. The molecule has 18 heavy (non-hydrogen) atoms. The normalized spacial score (nSPS) is 10.2. The van der Waals surface area contributed by atoms with Crippen molar-refractivity contribution in [3.8, 4) is 0 Å². The molecular formula is C11H6ClF2N3O. The van der Waals surface area contributed by atoms with E-state index >= 15 is 0 Å². The predicted octanol–water partition coefficient (Wildman–Crippen LogP) is 2.66. The molecule has 1 N–H and O–H groups in total. The van der Waals surface area contributed by atoms with Crippen molar-refractivity contribution in [2.45, 2.75) is 0 Å². The lowest BCUT2D eigenvalue weighted by molar-refractivity contribution is 0.102. The molecule has 2 aromatic rings. The molecule has 0 aliphatic heterocycles. The van der Waals surface area contributed by atoms with E-state index in [-0.39, 0.29) is 16.5 Å². The second kappa shape index (κ2) is 5.05. The molecule has 0 aliphatic carbocycles. The molecule has 0 radical (unpaired) electrons. The van der Waals surface area contributed by atoms with Crippen molar-refractivity contribution >= 4 is 23.2 Å². The van der Waals surface area contributed by atoms with Gasteiger partial charge >= 0.3 is 0 Å². The van der Waals surface area contributed by atoms with Gasteiger partial charge in [-0.2, -0.15) is 0 Å². The van der Waals surface area contributed by atoms with Crippen LogP contribution in [0.15, 0.2) is 30.6 Å². The number of aromatic nitrogens is 2. The van der Waals surface area contributed by atoms with Crippen LogP contribution in [-0.2, 0) is 0 Å². The molecule has 0 saturated heterocycles. The Morgan fingerprint density at radius 2 is 2.00 bits per heavy atom. The van der Waals surface area contributed by atoms with Gasteiger partial charge in [-0.15, -0.1) is 0 Å². The number of nitrogens with one attached hydrogen (secondary N) is 1.